The quantitative estimate of drug-likeness (QED) is 0.283. The van der Waals surface area contributed by atoms with E-state index in [9.17, 15) is 0 Å². The Balaban J connectivity index is 0.00000363. The van der Waals surface area contributed by atoms with Crippen LogP contribution in [0, 0.1) is 0 Å². The Hall–Kier alpha value is -1.84. The molecule has 7 heteroatoms. The van der Waals surface area contributed by atoms with Gasteiger partial charge in [0.1, 0.15) is 5.75 Å². The second-order valence-corrected chi connectivity index (χ2v) is 7.84. The molecule has 0 amide bonds. The van der Waals surface area contributed by atoms with Crippen molar-refractivity contribution >= 4 is 29.9 Å². The lowest BCUT2D eigenvalue weighted by Crippen LogP contribution is -2.45. The van der Waals surface area contributed by atoms with E-state index in [-0.39, 0.29) is 24.0 Å². The molecule has 1 saturated heterocycles. The van der Waals surface area contributed by atoms with Gasteiger partial charge in [0.05, 0.1) is 13.7 Å². The first-order chi connectivity index (χ1) is 15.2. The van der Waals surface area contributed by atoms with E-state index < -0.39 is 0 Å². The lowest BCUT2D eigenvalue weighted by Gasteiger charge is -2.34. The van der Waals surface area contributed by atoms with Crippen molar-refractivity contribution in [1.29, 1.82) is 0 Å². The molecule has 2 N–H and O–H groups in total. The van der Waals surface area contributed by atoms with Crippen LogP contribution in [-0.2, 0) is 19.6 Å². The maximum atomic E-state index is 5.45. The van der Waals surface area contributed by atoms with Gasteiger partial charge in [-0.25, -0.2) is 4.99 Å². The minimum absolute atomic E-state index is 0. The van der Waals surface area contributed by atoms with E-state index in [1.807, 2.05) is 18.2 Å². The van der Waals surface area contributed by atoms with Gasteiger partial charge in [0.25, 0.3) is 0 Å². The number of hydrogen-bond acceptors (Lipinski definition) is 4. The molecule has 0 unspecified atom stereocenters. The molecule has 1 aliphatic rings. The molecule has 0 aromatic heterocycles. The third-order valence-corrected chi connectivity index (χ3v) is 5.82. The fraction of sp³-hybridized carbons (Fsp3) is 0.480. The van der Waals surface area contributed by atoms with Crippen LogP contribution in [0.25, 0.3) is 0 Å². The Morgan fingerprint density at radius 3 is 2.16 bits per heavy atom. The highest BCUT2D eigenvalue weighted by Gasteiger charge is 2.16. The summed E-state index contributed by atoms with van der Waals surface area (Å²) < 4.78 is 5.45. The zero-order valence-electron chi connectivity index (χ0n) is 19.6. The molecule has 0 atom stereocenters. The lowest BCUT2D eigenvalue weighted by molar-refractivity contribution is 0.131. The minimum Gasteiger partial charge on any atom is -0.496 e. The van der Waals surface area contributed by atoms with E-state index in [0.29, 0.717) is 6.54 Å². The summed E-state index contributed by atoms with van der Waals surface area (Å²) in [7, 11) is 1.70. The molecule has 0 aliphatic carbocycles. The monoisotopic (exact) mass is 551 g/mol. The molecule has 2 aromatic carbocycles. The van der Waals surface area contributed by atoms with Crippen molar-refractivity contribution in [1.82, 2.24) is 20.4 Å². The van der Waals surface area contributed by atoms with Gasteiger partial charge in [0.2, 0.25) is 0 Å². The summed E-state index contributed by atoms with van der Waals surface area (Å²) >= 11 is 0. The summed E-state index contributed by atoms with van der Waals surface area (Å²) in [6.45, 7) is 13.2. The molecule has 0 saturated carbocycles. The molecule has 3 rings (SSSR count). The van der Waals surface area contributed by atoms with Crippen LogP contribution in [-0.4, -0.2) is 62.1 Å². The lowest BCUT2D eigenvalue weighted by atomic mass is 10.1. The highest BCUT2D eigenvalue weighted by molar-refractivity contribution is 14.0. The Labute approximate surface area is 210 Å². The minimum atomic E-state index is 0. The first kappa shape index (κ1) is 26.4. The Morgan fingerprint density at radius 2 is 1.50 bits per heavy atom. The van der Waals surface area contributed by atoms with Crippen molar-refractivity contribution in [2.24, 2.45) is 4.99 Å². The maximum Gasteiger partial charge on any atom is 0.191 e. The highest BCUT2D eigenvalue weighted by atomic mass is 127. The molecule has 32 heavy (non-hydrogen) atoms. The zero-order valence-corrected chi connectivity index (χ0v) is 22.0. The van der Waals surface area contributed by atoms with E-state index >= 15 is 0 Å². The topological polar surface area (TPSA) is 52.1 Å². The summed E-state index contributed by atoms with van der Waals surface area (Å²) in [5.74, 6) is 1.69. The second-order valence-electron chi connectivity index (χ2n) is 7.84. The standard InChI is InChI=1S/C25H37N5O.HI/c1-4-26-25(28-19-22-11-8-9-13-24(22)31-3)27-18-21-10-6-7-12-23(21)20-30-16-14-29(5-2)15-17-30;/h6-13H,4-5,14-20H2,1-3H3,(H2,26,27,28);1H. The third-order valence-electron chi connectivity index (χ3n) is 5.82. The largest absolute Gasteiger partial charge is 0.496 e. The number of ether oxygens (including phenoxy) is 1. The van der Waals surface area contributed by atoms with Gasteiger partial charge in [-0.2, -0.15) is 0 Å². The normalized spacial score (nSPS) is 15.2. The van der Waals surface area contributed by atoms with Crippen molar-refractivity contribution in [3.8, 4) is 5.75 Å². The van der Waals surface area contributed by atoms with Crippen molar-refractivity contribution in [2.75, 3.05) is 46.4 Å². The smallest absolute Gasteiger partial charge is 0.191 e. The van der Waals surface area contributed by atoms with Crippen LogP contribution < -0.4 is 15.4 Å². The average molecular weight is 552 g/mol. The molecule has 2 aromatic rings. The summed E-state index contributed by atoms with van der Waals surface area (Å²) in [5.41, 5.74) is 3.79. The van der Waals surface area contributed by atoms with Crippen LogP contribution in [0.15, 0.2) is 53.5 Å². The van der Waals surface area contributed by atoms with Gasteiger partial charge in [-0.1, -0.05) is 49.4 Å². The number of nitrogens with one attached hydrogen (secondary N) is 2. The van der Waals surface area contributed by atoms with E-state index in [0.717, 1.165) is 69.6 Å². The number of piperazine rings is 1. The molecule has 0 radical (unpaired) electrons. The van der Waals surface area contributed by atoms with Gasteiger partial charge in [0, 0.05) is 51.4 Å². The molecule has 1 heterocycles. The number of likely N-dealkylation sites (N-methyl/N-ethyl adjacent to an activating group) is 1. The molecule has 1 fully saturated rings. The van der Waals surface area contributed by atoms with Crippen molar-refractivity contribution in [3.63, 3.8) is 0 Å². The van der Waals surface area contributed by atoms with Gasteiger partial charge in [-0.15, -0.1) is 24.0 Å². The fourth-order valence-corrected chi connectivity index (χ4v) is 3.91. The van der Waals surface area contributed by atoms with Crippen LogP contribution in [0.3, 0.4) is 0 Å². The molecule has 1 aliphatic heterocycles. The Kier molecular flexibility index (Phi) is 11.8. The molecular formula is C25H38IN5O. The number of methoxy groups -OCH3 is 1. The van der Waals surface area contributed by atoms with Crippen LogP contribution in [0.5, 0.6) is 5.75 Å². The Morgan fingerprint density at radius 1 is 0.875 bits per heavy atom. The SMILES string of the molecule is CCNC(=NCc1ccccc1OC)NCc1ccccc1CN1CCN(CC)CC1.I. The number of nitrogens with zero attached hydrogens (tertiary/aromatic N) is 3. The average Bonchev–Trinajstić information content (AvgIpc) is 2.82. The van der Waals surface area contributed by atoms with E-state index in [2.05, 4.69) is 64.6 Å². The first-order valence-corrected chi connectivity index (χ1v) is 11.4. The summed E-state index contributed by atoms with van der Waals surface area (Å²) in [6, 6.07) is 16.8. The molecule has 0 spiro atoms. The van der Waals surface area contributed by atoms with Crippen molar-refractivity contribution < 1.29 is 4.74 Å². The third kappa shape index (κ3) is 7.94. The highest BCUT2D eigenvalue weighted by Crippen LogP contribution is 2.18. The predicted octanol–water partition coefficient (Wildman–Crippen LogP) is 3.71. The number of guanidine groups is 1. The summed E-state index contributed by atoms with van der Waals surface area (Å²) in [5, 5.41) is 6.86. The maximum absolute atomic E-state index is 5.45. The van der Waals surface area contributed by atoms with E-state index in [4.69, 9.17) is 9.73 Å². The van der Waals surface area contributed by atoms with Crippen LogP contribution >= 0.6 is 24.0 Å². The summed E-state index contributed by atoms with van der Waals surface area (Å²) in [4.78, 5) is 9.85. The zero-order chi connectivity index (χ0) is 21.9. The molecule has 176 valence electrons. The Bertz CT molecular complexity index is 837. The van der Waals surface area contributed by atoms with Crippen LogP contribution in [0.1, 0.15) is 30.5 Å². The first-order valence-electron chi connectivity index (χ1n) is 11.4. The van der Waals surface area contributed by atoms with Gasteiger partial charge in [0.15, 0.2) is 5.96 Å². The number of para-hydroxylation sites is 1. The van der Waals surface area contributed by atoms with Crippen LogP contribution in [0.2, 0.25) is 0 Å². The molecular weight excluding hydrogens is 513 g/mol. The fourth-order valence-electron chi connectivity index (χ4n) is 3.91. The van der Waals surface area contributed by atoms with E-state index in [1.165, 1.54) is 11.1 Å². The second kappa shape index (κ2) is 14.3. The number of rotatable bonds is 9. The van der Waals surface area contributed by atoms with Crippen LogP contribution in [0.4, 0.5) is 0 Å². The molecule has 6 nitrogen and oxygen atoms in total. The van der Waals surface area contributed by atoms with Gasteiger partial charge >= 0.3 is 0 Å². The van der Waals surface area contributed by atoms with Gasteiger partial charge in [-0.05, 0) is 30.7 Å². The van der Waals surface area contributed by atoms with Gasteiger partial charge < -0.3 is 20.3 Å². The molecule has 0 bridgehead atoms. The predicted molar refractivity (Wildman–Crippen MR) is 144 cm³/mol. The van der Waals surface area contributed by atoms with Gasteiger partial charge in [-0.3, -0.25) is 4.90 Å². The number of halogens is 1. The van der Waals surface area contributed by atoms with Crippen molar-refractivity contribution in [2.45, 2.75) is 33.5 Å². The number of aliphatic imine (C=N–C) groups is 1. The van der Waals surface area contributed by atoms with E-state index in [1.54, 1.807) is 7.11 Å². The van der Waals surface area contributed by atoms with Crippen molar-refractivity contribution in [3.05, 3.63) is 65.2 Å². The summed E-state index contributed by atoms with van der Waals surface area (Å²) in [6.07, 6.45) is 0. The number of benzene rings is 2. The number of hydrogen-bond donors (Lipinski definition) is 2.